The van der Waals surface area contributed by atoms with E-state index in [0.29, 0.717) is 11.6 Å². The van der Waals surface area contributed by atoms with Crippen LogP contribution in [0.1, 0.15) is 40.6 Å². The van der Waals surface area contributed by atoms with Gasteiger partial charge in [-0.15, -0.1) is 0 Å². The van der Waals surface area contributed by atoms with Gasteiger partial charge in [-0.2, -0.15) is 4.91 Å². The van der Waals surface area contributed by atoms with Crippen LogP contribution in [0.25, 0.3) is 0 Å². The molecule has 26 heavy (non-hydrogen) atoms. The summed E-state index contributed by atoms with van der Waals surface area (Å²) in [5.41, 5.74) is 4.33. The topological polar surface area (TPSA) is 42.3 Å². The summed E-state index contributed by atoms with van der Waals surface area (Å²) in [7, 11) is 0. The molecule has 0 aliphatic heterocycles. The van der Waals surface area contributed by atoms with Gasteiger partial charge in [-0.05, 0) is 59.9 Å². The SMILES string of the molecule is Cc1ccccc1C(CC(N=O)c1ccnc(Cl)c1)c1ccc(Br)cc1. The lowest BCUT2D eigenvalue weighted by Gasteiger charge is -2.23. The Hall–Kier alpha value is -2.04. The maximum absolute atomic E-state index is 11.6. The Kier molecular flexibility index (Phi) is 6.17. The van der Waals surface area contributed by atoms with E-state index in [9.17, 15) is 4.91 Å². The highest BCUT2D eigenvalue weighted by Crippen LogP contribution is 2.37. The molecule has 0 amide bonds. The molecule has 0 saturated carbocycles. The predicted octanol–water partition coefficient (Wildman–Crippen LogP) is 6.84. The summed E-state index contributed by atoms with van der Waals surface area (Å²) in [5.74, 6) is 0.0546. The van der Waals surface area contributed by atoms with E-state index < -0.39 is 6.04 Å². The third kappa shape index (κ3) is 4.37. The fourth-order valence-corrected chi connectivity index (χ4v) is 3.65. The first kappa shape index (κ1) is 18.7. The Morgan fingerprint density at radius 1 is 1.08 bits per heavy atom. The minimum Gasteiger partial charge on any atom is -0.245 e. The number of aryl methyl sites for hydroxylation is 1. The van der Waals surface area contributed by atoms with Gasteiger partial charge in [0.2, 0.25) is 0 Å². The van der Waals surface area contributed by atoms with E-state index in [-0.39, 0.29) is 5.92 Å². The quantitative estimate of drug-likeness (QED) is 0.318. The van der Waals surface area contributed by atoms with E-state index in [0.717, 1.165) is 15.6 Å². The van der Waals surface area contributed by atoms with Crippen LogP contribution < -0.4 is 0 Å². The number of hydrogen-bond acceptors (Lipinski definition) is 3. The van der Waals surface area contributed by atoms with Gasteiger partial charge in [0.15, 0.2) is 0 Å². The van der Waals surface area contributed by atoms with Crippen molar-refractivity contribution in [1.82, 2.24) is 4.98 Å². The highest BCUT2D eigenvalue weighted by molar-refractivity contribution is 9.10. The molecule has 1 heterocycles. The molecule has 3 rings (SSSR count). The molecular formula is C21H18BrClN2O. The van der Waals surface area contributed by atoms with Crippen LogP contribution in [0.15, 0.2) is 76.5 Å². The fourth-order valence-electron chi connectivity index (χ4n) is 3.20. The number of aromatic nitrogens is 1. The van der Waals surface area contributed by atoms with Gasteiger partial charge in [-0.1, -0.05) is 69.1 Å². The first-order valence-corrected chi connectivity index (χ1v) is 9.50. The molecule has 0 spiro atoms. The lowest BCUT2D eigenvalue weighted by atomic mass is 9.83. The molecule has 0 aliphatic carbocycles. The number of nitrogens with zero attached hydrogens (tertiary/aromatic N) is 2. The average Bonchev–Trinajstić information content (AvgIpc) is 2.65. The molecule has 3 nitrogen and oxygen atoms in total. The van der Waals surface area contributed by atoms with Crippen molar-refractivity contribution in [2.24, 2.45) is 5.18 Å². The van der Waals surface area contributed by atoms with Gasteiger partial charge < -0.3 is 0 Å². The monoisotopic (exact) mass is 428 g/mol. The van der Waals surface area contributed by atoms with Crippen molar-refractivity contribution < 1.29 is 0 Å². The number of hydrogen-bond donors (Lipinski definition) is 0. The second kappa shape index (κ2) is 8.56. The second-order valence-corrected chi connectivity index (χ2v) is 7.53. The van der Waals surface area contributed by atoms with Crippen LogP contribution in [0.4, 0.5) is 0 Å². The van der Waals surface area contributed by atoms with Crippen molar-refractivity contribution in [1.29, 1.82) is 0 Å². The van der Waals surface area contributed by atoms with Crippen molar-refractivity contribution in [2.75, 3.05) is 0 Å². The van der Waals surface area contributed by atoms with Crippen LogP contribution in [0.5, 0.6) is 0 Å². The molecule has 0 radical (unpaired) electrons. The van der Waals surface area contributed by atoms with Gasteiger partial charge >= 0.3 is 0 Å². The smallest absolute Gasteiger partial charge is 0.129 e. The second-order valence-electron chi connectivity index (χ2n) is 6.23. The molecule has 0 N–H and O–H groups in total. The molecular weight excluding hydrogens is 412 g/mol. The van der Waals surface area contributed by atoms with E-state index in [4.69, 9.17) is 11.6 Å². The normalized spacial score (nSPS) is 13.2. The Morgan fingerprint density at radius 3 is 2.46 bits per heavy atom. The van der Waals surface area contributed by atoms with E-state index in [1.54, 1.807) is 18.3 Å². The Bertz CT molecular complexity index is 899. The van der Waals surface area contributed by atoms with E-state index in [2.05, 4.69) is 57.3 Å². The standard InChI is InChI=1S/C21H18BrClN2O/c1-14-4-2-3-5-18(14)19(15-6-8-17(22)9-7-15)13-20(25-26)16-10-11-24-21(23)12-16/h2-12,19-20H,13H2,1H3. The molecule has 2 atom stereocenters. The molecule has 0 saturated heterocycles. The summed E-state index contributed by atoms with van der Waals surface area (Å²) < 4.78 is 1.02. The van der Waals surface area contributed by atoms with E-state index >= 15 is 0 Å². The van der Waals surface area contributed by atoms with Gasteiger partial charge in [0.1, 0.15) is 11.2 Å². The summed E-state index contributed by atoms with van der Waals surface area (Å²) in [6, 6.07) is 19.5. The number of pyridine rings is 1. The molecule has 2 aromatic carbocycles. The molecule has 0 aliphatic rings. The summed E-state index contributed by atoms with van der Waals surface area (Å²) in [5, 5.41) is 3.76. The van der Waals surface area contributed by atoms with Crippen LogP contribution in [0.2, 0.25) is 5.15 Å². The van der Waals surface area contributed by atoms with Crippen molar-refractivity contribution in [3.05, 3.63) is 104 Å². The first-order valence-electron chi connectivity index (χ1n) is 8.33. The van der Waals surface area contributed by atoms with Crippen molar-refractivity contribution in [2.45, 2.75) is 25.3 Å². The van der Waals surface area contributed by atoms with E-state index in [1.807, 2.05) is 24.3 Å². The van der Waals surface area contributed by atoms with Crippen molar-refractivity contribution >= 4 is 27.5 Å². The lowest BCUT2D eigenvalue weighted by molar-refractivity contribution is 0.592. The largest absolute Gasteiger partial charge is 0.245 e. The van der Waals surface area contributed by atoms with Crippen LogP contribution >= 0.6 is 27.5 Å². The Labute approximate surface area is 166 Å². The molecule has 2 unspecified atom stereocenters. The maximum atomic E-state index is 11.6. The maximum Gasteiger partial charge on any atom is 0.129 e. The van der Waals surface area contributed by atoms with Crippen LogP contribution in [0.3, 0.4) is 0 Å². The highest BCUT2D eigenvalue weighted by atomic mass is 79.9. The lowest BCUT2D eigenvalue weighted by Crippen LogP contribution is -2.08. The van der Waals surface area contributed by atoms with Gasteiger partial charge in [0, 0.05) is 16.6 Å². The summed E-state index contributed by atoms with van der Waals surface area (Å²) in [6.45, 7) is 2.09. The third-order valence-electron chi connectivity index (χ3n) is 4.56. The Morgan fingerprint density at radius 2 is 1.81 bits per heavy atom. The summed E-state index contributed by atoms with van der Waals surface area (Å²) >= 11 is 9.48. The molecule has 5 heteroatoms. The zero-order valence-corrected chi connectivity index (χ0v) is 16.6. The fraction of sp³-hybridized carbons (Fsp3) is 0.190. The highest BCUT2D eigenvalue weighted by Gasteiger charge is 2.23. The summed E-state index contributed by atoms with van der Waals surface area (Å²) in [4.78, 5) is 15.6. The van der Waals surface area contributed by atoms with Crippen molar-refractivity contribution in [3.8, 4) is 0 Å². The zero-order chi connectivity index (χ0) is 18.5. The number of nitroso groups, excluding NO2 is 1. The Balaban J connectivity index is 2.01. The molecule has 3 aromatic rings. The third-order valence-corrected chi connectivity index (χ3v) is 5.29. The molecule has 0 bridgehead atoms. The minimum absolute atomic E-state index is 0.0546. The first-order chi connectivity index (χ1) is 12.6. The molecule has 1 aromatic heterocycles. The summed E-state index contributed by atoms with van der Waals surface area (Å²) in [6.07, 6.45) is 2.18. The van der Waals surface area contributed by atoms with E-state index in [1.165, 1.54) is 11.1 Å². The van der Waals surface area contributed by atoms with Crippen molar-refractivity contribution in [3.63, 3.8) is 0 Å². The average molecular weight is 430 g/mol. The minimum atomic E-state index is -0.497. The van der Waals surface area contributed by atoms with Crippen LogP contribution in [-0.4, -0.2) is 4.98 Å². The van der Waals surface area contributed by atoms with Gasteiger partial charge in [-0.3, -0.25) is 0 Å². The number of benzene rings is 2. The predicted molar refractivity (Wildman–Crippen MR) is 110 cm³/mol. The van der Waals surface area contributed by atoms with Gasteiger partial charge in [0.25, 0.3) is 0 Å². The van der Waals surface area contributed by atoms with Gasteiger partial charge in [-0.25, -0.2) is 4.98 Å². The molecule has 132 valence electrons. The molecule has 0 fully saturated rings. The number of halogens is 2. The van der Waals surface area contributed by atoms with Crippen LogP contribution in [-0.2, 0) is 0 Å². The number of rotatable bonds is 6. The van der Waals surface area contributed by atoms with Crippen LogP contribution in [0, 0.1) is 11.8 Å². The van der Waals surface area contributed by atoms with Gasteiger partial charge in [0.05, 0.1) is 0 Å². The zero-order valence-electron chi connectivity index (χ0n) is 14.3.